The van der Waals surface area contributed by atoms with Crippen LogP contribution in [0.5, 0.6) is 5.75 Å². The van der Waals surface area contributed by atoms with E-state index in [1.54, 1.807) is 19.2 Å². The van der Waals surface area contributed by atoms with Crippen molar-refractivity contribution in [1.29, 1.82) is 0 Å². The molecule has 0 fully saturated rings. The number of thiophene rings is 1. The summed E-state index contributed by atoms with van der Waals surface area (Å²) in [5.41, 5.74) is 4.73. The number of hydrogen-bond acceptors (Lipinski definition) is 6. The van der Waals surface area contributed by atoms with Crippen molar-refractivity contribution in [3.8, 4) is 16.9 Å². The Hall–Kier alpha value is -3.71. The highest BCUT2D eigenvalue weighted by atomic mass is 32.1. The van der Waals surface area contributed by atoms with Gasteiger partial charge in [-0.15, -0.1) is 11.3 Å². The maximum Gasteiger partial charge on any atom is 0.336 e. The first-order valence-electron chi connectivity index (χ1n) is 10.1. The summed E-state index contributed by atoms with van der Waals surface area (Å²) in [6, 6.07) is 12.9. The molecule has 6 nitrogen and oxygen atoms in total. The zero-order chi connectivity index (χ0) is 22.4. The van der Waals surface area contributed by atoms with Gasteiger partial charge in [0.1, 0.15) is 16.2 Å². The number of nitrogens with zero attached hydrogens (tertiary/aromatic N) is 2. The van der Waals surface area contributed by atoms with Gasteiger partial charge in [-0.1, -0.05) is 18.2 Å². The summed E-state index contributed by atoms with van der Waals surface area (Å²) in [7, 11) is 1.55. The zero-order valence-corrected chi connectivity index (χ0v) is 18.7. The van der Waals surface area contributed by atoms with Crippen molar-refractivity contribution in [3.05, 3.63) is 91.6 Å². The summed E-state index contributed by atoms with van der Waals surface area (Å²) >= 11 is 1.45. The van der Waals surface area contributed by atoms with Gasteiger partial charge in [-0.05, 0) is 48.2 Å². The lowest BCUT2D eigenvalue weighted by Crippen LogP contribution is -2.21. The molecule has 0 aliphatic heterocycles. The highest BCUT2D eigenvalue weighted by Gasteiger charge is 2.15. The van der Waals surface area contributed by atoms with E-state index in [1.165, 1.54) is 39.4 Å². The molecule has 160 valence electrons. The maximum atomic E-state index is 13.5. The Kier molecular flexibility index (Phi) is 4.90. The maximum absolute atomic E-state index is 13.5. The standard InChI is InChI=1S/C25H20N2O4S/c1-14-4-5-16(8-15(14)2)20-12-32-24-23(20)25(29)27(13-26-24)11-17-9-22(28)31-21-10-18(30-3)6-7-19(17)21/h4-10,12-13H,11H2,1-3H3. The third-order valence-corrected chi connectivity index (χ3v) is 6.64. The lowest BCUT2D eigenvalue weighted by atomic mass is 10.0. The number of hydrogen-bond donors (Lipinski definition) is 0. The van der Waals surface area contributed by atoms with Crippen molar-refractivity contribution in [2.75, 3.05) is 7.11 Å². The number of benzene rings is 2. The highest BCUT2D eigenvalue weighted by molar-refractivity contribution is 7.17. The number of aromatic nitrogens is 2. The molecule has 0 unspecified atom stereocenters. The van der Waals surface area contributed by atoms with Crippen LogP contribution in [0.2, 0.25) is 0 Å². The molecule has 0 radical (unpaired) electrons. The van der Waals surface area contributed by atoms with Crippen LogP contribution < -0.4 is 15.9 Å². The van der Waals surface area contributed by atoms with E-state index in [9.17, 15) is 9.59 Å². The van der Waals surface area contributed by atoms with Gasteiger partial charge in [-0.2, -0.15) is 0 Å². The fraction of sp³-hybridized carbons (Fsp3) is 0.160. The lowest BCUT2D eigenvalue weighted by Gasteiger charge is -2.10. The van der Waals surface area contributed by atoms with Gasteiger partial charge in [0.2, 0.25) is 0 Å². The number of rotatable bonds is 4. The summed E-state index contributed by atoms with van der Waals surface area (Å²) in [5.74, 6) is 0.592. The number of methoxy groups -OCH3 is 1. The van der Waals surface area contributed by atoms with Crippen LogP contribution in [-0.2, 0) is 6.54 Å². The van der Waals surface area contributed by atoms with E-state index in [0.717, 1.165) is 16.5 Å². The lowest BCUT2D eigenvalue weighted by molar-refractivity contribution is 0.414. The second-order valence-electron chi connectivity index (χ2n) is 7.76. The van der Waals surface area contributed by atoms with E-state index < -0.39 is 5.63 Å². The third kappa shape index (κ3) is 3.40. The molecule has 0 bridgehead atoms. The van der Waals surface area contributed by atoms with Crippen LogP contribution in [0.15, 0.2) is 68.2 Å². The third-order valence-electron chi connectivity index (χ3n) is 5.76. The SMILES string of the molecule is COc1ccc2c(Cn3cnc4scc(-c5ccc(C)c(C)c5)c4c3=O)cc(=O)oc2c1. The molecule has 0 spiro atoms. The van der Waals surface area contributed by atoms with Crippen LogP contribution in [0, 0.1) is 13.8 Å². The first-order valence-corrected chi connectivity index (χ1v) is 11.0. The van der Waals surface area contributed by atoms with Crippen LogP contribution in [0.1, 0.15) is 16.7 Å². The Labute approximate surface area is 187 Å². The van der Waals surface area contributed by atoms with Gasteiger partial charge in [0, 0.05) is 28.5 Å². The molecule has 3 heterocycles. The van der Waals surface area contributed by atoms with Crippen LogP contribution in [0.3, 0.4) is 0 Å². The molecule has 0 N–H and O–H groups in total. The Morgan fingerprint density at radius 2 is 1.91 bits per heavy atom. The van der Waals surface area contributed by atoms with E-state index in [-0.39, 0.29) is 12.1 Å². The molecular weight excluding hydrogens is 424 g/mol. The number of aryl methyl sites for hydroxylation is 2. The normalized spacial score (nSPS) is 11.3. The van der Waals surface area contributed by atoms with Gasteiger partial charge in [-0.25, -0.2) is 9.78 Å². The van der Waals surface area contributed by atoms with E-state index in [2.05, 4.69) is 31.0 Å². The molecule has 0 atom stereocenters. The topological polar surface area (TPSA) is 74.3 Å². The Morgan fingerprint density at radius 3 is 2.69 bits per heavy atom. The molecule has 32 heavy (non-hydrogen) atoms. The fourth-order valence-electron chi connectivity index (χ4n) is 3.85. The molecule has 0 saturated carbocycles. The summed E-state index contributed by atoms with van der Waals surface area (Å²) in [6.07, 6.45) is 1.54. The summed E-state index contributed by atoms with van der Waals surface area (Å²) in [5, 5.41) is 3.32. The fourth-order valence-corrected chi connectivity index (χ4v) is 4.76. The van der Waals surface area contributed by atoms with Gasteiger partial charge in [0.05, 0.1) is 25.4 Å². The predicted octanol–water partition coefficient (Wildman–Crippen LogP) is 4.91. The van der Waals surface area contributed by atoms with E-state index >= 15 is 0 Å². The molecule has 0 aliphatic rings. The molecule has 7 heteroatoms. The molecule has 5 rings (SSSR count). The van der Waals surface area contributed by atoms with Crippen LogP contribution >= 0.6 is 11.3 Å². The average Bonchev–Trinajstić information content (AvgIpc) is 3.22. The van der Waals surface area contributed by atoms with Crippen molar-refractivity contribution >= 4 is 32.5 Å². The quantitative estimate of drug-likeness (QED) is 0.369. The van der Waals surface area contributed by atoms with Crippen LogP contribution in [-0.4, -0.2) is 16.7 Å². The van der Waals surface area contributed by atoms with Gasteiger partial charge >= 0.3 is 5.63 Å². The van der Waals surface area contributed by atoms with Gasteiger partial charge < -0.3 is 9.15 Å². The first kappa shape index (κ1) is 20.2. The second kappa shape index (κ2) is 7.76. The molecule has 0 aliphatic carbocycles. The molecule has 3 aromatic heterocycles. The predicted molar refractivity (Wildman–Crippen MR) is 127 cm³/mol. The minimum absolute atomic E-state index is 0.139. The van der Waals surface area contributed by atoms with Gasteiger partial charge in [-0.3, -0.25) is 9.36 Å². The molecular formula is C25H20N2O4S. The van der Waals surface area contributed by atoms with Crippen molar-refractivity contribution in [3.63, 3.8) is 0 Å². The summed E-state index contributed by atoms with van der Waals surface area (Å²) in [4.78, 5) is 30.8. The largest absolute Gasteiger partial charge is 0.497 e. The minimum Gasteiger partial charge on any atom is -0.497 e. The highest BCUT2D eigenvalue weighted by Crippen LogP contribution is 2.32. The summed E-state index contributed by atoms with van der Waals surface area (Å²) < 4.78 is 12.1. The van der Waals surface area contributed by atoms with Crippen molar-refractivity contribution < 1.29 is 9.15 Å². The molecule has 0 saturated heterocycles. The van der Waals surface area contributed by atoms with Crippen molar-refractivity contribution in [2.45, 2.75) is 20.4 Å². The Morgan fingerprint density at radius 1 is 1.06 bits per heavy atom. The van der Waals surface area contributed by atoms with E-state index in [1.807, 2.05) is 17.5 Å². The number of fused-ring (bicyclic) bond motifs is 2. The van der Waals surface area contributed by atoms with E-state index in [4.69, 9.17) is 9.15 Å². The Bertz CT molecular complexity index is 1610. The van der Waals surface area contributed by atoms with Crippen LogP contribution in [0.25, 0.3) is 32.3 Å². The van der Waals surface area contributed by atoms with Gasteiger partial charge in [0.25, 0.3) is 5.56 Å². The average molecular weight is 445 g/mol. The molecule has 5 aromatic rings. The zero-order valence-electron chi connectivity index (χ0n) is 17.8. The molecule has 0 amide bonds. The van der Waals surface area contributed by atoms with E-state index in [0.29, 0.717) is 27.1 Å². The van der Waals surface area contributed by atoms with Crippen LogP contribution in [0.4, 0.5) is 0 Å². The summed E-state index contributed by atoms with van der Waals surface area (Å²) in [6.45, 7) is 4.33. The van der Waals surface area contributed by atoms with Crippen molar-refractivity contribution in [2.24, 2.45) is 0 Å². The second-order valence-corrected chi connectivity index (χ2v) is 8.62. The smallest absolute Gasteiger partial charge is 0.336 e. The Balaban J connectivity index is 1.65. The van der Waals surface area contributed by atoms with Gasteiger partial charge in [0.15, 0.2) is 0 Å². The molecule has 2 aromatic carbocycles. The van der Waals surface area contributed by atoms with Crippen molar-refractivity contribution in [1.82, 2.24) is 9.55 Å². The first-order chi connectivity index (χ1) is 15.4. The monoisotopic (exact) mass is 444 g/mol. The number of ether oxygens (including phenoxy) is 1. The minimum atomic E-state index is -0.478.